The topological polar surface area (TPSA) is 168 Å². The molecule has 0 saturated carbocycles. The molecule has 32 heavy (non-hydrogen) atoms. The third kappa shape index (κ3) is 4.33. The summed E-state index contributed by atoms with van der Waals surface area (Å²) in [6.45, 7) is -0.389. The van der Waals surface area contributed by atoms with E-state index in [4.69, 9.17) is 24.2 Å². The van der Waals surface area contributed by atoms with Gasteiger partial charge in [0.15, 0.2) is 24.3 Å². The average Bonchev–Trinajstić information content (AvgIpc) is 3.11. The number of hydrogen-bond donors (Lipinski definition) is 2. The zero-order chi connectivity index (χ0) is 22.7. The highest BCUT2D eigenvalue weighted by atomic mass is 16.7. The van der Waals surface area contributed by atoms with Gasteiger partial charge in [-0.3, -0.25) is 15.3 Å². The molecule has 13 heteroatoms. The molecule has 13 nitrogen and oxygen atoms in total. The van der Waals surface area contributed by atoms with Crippen LogP contribution in [0.2, 0.25) is 0 Å². The van der Waals surface area contributed by atoms with Gasteiger partial charge >= 0.3 is 23.6 Å². The number of esters is 3. The van der Waals surface area contributed by atoms with Gasteiger partial charge in [-0.15, -0.1) is 0 Å². The van der Waals surface area contributed by atoms with E-state index in [0.29, 0.717) is 0 Å². The zero-order valence-electron chi connectivity index (χ0n) is 16.2. The number of aromatic nitrogens is 3. The Hall–Kier alpha value is -4.10. The van der Waals surface area contributed by atoms with E-state index in [0.717, 1.165) is 16.7 Å². The molecule has 0 amide bonds. The molecule has 2 aliphatic heterocycles. The Balaban J connectivity index is 1.61. The van der Waals surface area contributed by atoms with Gasteiger partial charge < -0.3 is 18.9 Å². The van der Waals surface area contributed by atoms with Crippen LogP contribution in [0.1, 0.15) is 16.7 Å². The van der Waals surface area contributed by atoms with Crippen LogP contribution < -0.4 is 11.2 Å². The van der Waals surface area contributed by atoms with Gasteiger partial charge in [0, 0.05) is 24.5 Å². The first-order chi connectivity index (χ1) is 15.5. The SMILES string of the molecule is O=C1/C=C\C(=O)O[C@H]2[C@@H](O1)[C@H](n1ccc(NO)nc1=O)O[C@@H]2COC(=O)c1ccccn1. The Morgan fingerprint density at radius 2 is 1.88 bits per heavy atom. The number of carbonyl (C=O) groups is 3. The van der Waals surface area contributed by atoms with Crippen molar-refractivity contribution in [2.24, 2.45) is 0 Å². The molecule has 2 aromatic heterocycles. The largest absolute Gasteiger partial charge is 0.458 e. The number of carbonyl (C=O) groups excluding carboxylic acids is 3. The Morgan fingerprint density at radius 3 is 2.53 bits per heavy atom. The monoisotopic (exact) mass is 444 g/mol. The fourth-order valence-corrected chi connectivity index (χ4v) is 3.20. The second-order valence-electron chi connectivity index (χ2n) is 6.63. The number of fused-ring (bicyclic) bond motifs is 1. The maximum atomic E-state index is 12.4. The number of rotatable bonds is 5. The van der Waals surface area contributed by atoms with Gasteiger partial charge in [0.05, 0.1) is 0 Å². The number of nitrogens with zero attached hydrogens (tertiary/aromatic N) is 3. The fourth-order valence-electron chi connectivity index (χ4n) is 3.20. The first-order valence-corrected chi connectivity index (χ1v) is 9.28. The van der Waals surface area contributed by atoms with E-state index in [1.165, 1.54) is 24.5 Å². The lowest BCUT2D eigenvalue weighted by molar-refractivity contribution is -0.164. The van der Waals surface area contributed by atoms with Gasteiger partial charge in [0.1, 0.15) is 18.4 Å². The van der Waals surface area contributed by atoms with Crippen molar-refractivity contribution in [3.63, 3.8) is 0 Å². The van der Waals surface area contributed by atoms with Crippen molar-refractivity contribution >= 4 is 23.7 Å². The summed E-state index contributed by atoms with van der Waals surface area (Å²) in [5, 5.41) is 8.92. The lowest BCUT2D eigenvalue weighted by atomic mass is 10.1. The van der Waals surface area contributed by atoms with E-state index >= 15 is 0 Å². The predicted molar refractivity (Wildman–Crippen MR) is 101 cm³/mol. The van der Waals surface area contributed by atoms with Crippen LogP contribution in [0.4, 0.5) is 5.82 Å². The maximum Gasteiger partial charge on any atom is 0.357 e. The Labute approximate surface area is 179 Å². The third-order valence-electron chi connectivity index (χ3n) is 4.62. The molecular formula is C19H16N4O9. The van der Waals surface area contributed by atoms with Crippen molar-refractivity contribution in [2.45, 2.75) is 24.5 Å². The first kappa shape index (κ1) is 21.1. The van der Waals surface area contributed by atoms with Crippen molar-refractivity contribution in [3.8, 4) is 0 Å². The highest BCUT2D eigenvalue weighted by Gasteiger charge is 2.51. The summed E-state index contributed by atoms with van der Waals surface area (Å²) in [6.07, 6.45) is -0.355. The summed E-state index contributed by atoms with van der Waals surface area (Å²) in [5.41, 5.74) is 0.940. The number of pyridine rings is 1. The van der Waals surface area contributed by atoms with Crippen LogP contribution >= 0.6 is 0 Å². The van der Waals surface area contributed by atoms with Crippen molar-refractivity contribution in [3.05, 3.63) is 65.0 Å². The van der Waals surface area contributed by atoms with Crippen LogP contribution in [0.5, 0.6) is 0 Å². The molecular weight excluding hydrogens is 428 g/mol. The van der Waals surface area contributed by atoms with Gasteiger partial charge in [-0.1, -0.05) is 6.07 Å². The van der Waals surface area contributed by atoms with E-state index in [-0.39, 0.29) is 18.1 Å². The van der Waals surface area contributed by atoms with Crippen LogP contribution in [0.15, 0.2) is 53.6 Å². The molecule has 0 unspecified atom stereocenters. The van der Waals surface area contributed by atoms with Crippen molar-refractivity contribution < 1.29 is 38.5 Å². The number of hydrogen-bond acceptors (Lipinski definition) is 12. The summed E-state index contributed by atoms with van der Waals surface area (Å²) in [7, 11) is 0. The number of nitrogens with one attached hydrogen (secondary N) is 1. The van der Waals surface area contributed by atoms with Crippen LogP contribution in [0.3, 0.4) is 0 Å². The van der Waals surface area contributed by atoms with Crippen molar-refractivity contribution in [1.29, 1.82) is 0 Å². The van der Waals surface area contributed by atoms with Gasteiger partial charge in [-0.2, -0.15) is 4.98 Å². The molecule has 2 aromatic rings. The fraction of sp³-hybridized carbons (Fsp3) is 0.263. The molecule has 2 aliphatic rings. The molecule has 0 bridgehead atoms. The van der Waals surface area contributed by atoms with Crippen LogP contribution in [0.25, 0.3) is 0 Å². The summed E-state index contributed by atoms with van der Waals surface area (Å²) < 4.78 is 22.7. The molecule has 4 heterocycles. The highest BCUT2D eigenvalue weighted by Crippen LogP contribution is 2.34. The minimum atomic E-state index is -1.26. The summed E-state index contributed by atoms with van der Waals surface area (Å²) in [5.74, 6) is -2.57. The van der Waals surface area contributed by atoms with E-state index < -0.39 is 48.1 Å². The van der Waals surface area contributed by atoms with Gasteiger partial charge in [0.25, 0.3) is 0 Å². The highest BCUT2D eigenvalue weighted by molar-refractivity contribution is 5.92. The maximum absolute atomic E-state index is 12.4. The molecule has 0 spiro atoms. The van der Waals surface area contributed by atoms with Crippen LogP contribution in [0, 0.1) is 0 Å². The van der Waals surface area contributed by atoms with E-state index in [1.807, 2.05) is 0 Å². The smallest absolute Gasteiger partial charge is 0.357 e. The first-order valence-electron chi connectivity index (χ1n) is 9.28. The molecule has 1 fully saturated rings. The molecule has 0 radical (unpaired) electrons. The Kier molecular flexibility index (Phi) is 5.91. The lowest BCUT2D eigenvalue weighted by Crippen LogP contribution is -2.43. The van der Waals surface area contributed by atoms with Crippen molar-refractivity contribution in [1.82, 2.24) is 14.5 Å². The van der Waals surface area contributed by atoms with E-state index in [1.54, 1.807) is 17.6 Å². The molecule has 1 saturated heterocycles. The summed E-state index contributed by atoms with van der Waals surface area (Å²) >= 11 is 0. The van der Waals surface area contributed by atoms with Gasteiger partial charge in [-0.25, -0.2) is 24.2 Å². The quantitative estimate of drug-likeness (QED) is 0.348. The second kappa shape index (κ2) is 8.95. The zero-order valence-corrected chi connectivity index (χ0v) is 16.2. The predicted octanol–water partition coefficient (Wildman–Crippen LogP) is -0.413. The van der Waals surface area contributed by atoms with Gasteiger partial charge in [-0.05, 0) is 18.2 Å². The van der Waals surface area contributed by atoms with Crippen LogP contribution in [-0.4, -0.2) is 62.6 Å². The molecule has 0 aromatic carbocycles. The van der Waals surface area contributed by atoms with Crippen LogP contribution in [-0.2, 0) is 28.5 Å². The third-order valence-corrected chi connectivity index (χ3v) is 4.62. The molecule has 166 valence electrons. The molecule has 4 atom stereocenters. The average molecular weight is 444 g/mol. The number of ether oxygens (including phenoxy) is 4. The summed E-state index contributed by atoms with van der Waals surface area (Å²) in [6, 6.07) is 5.96. The number of anilines is 1. The van der Waals surface area contributed by atoms with E-state index in [9.17, 15) is 19.2 Å². The van der Waals surface area contributed by atoms with Gasteiger partial charge in [0.2, 0.25) is 0 Å². The minimum Gasteiger partial charge on any atom is -0.458 e. The molecule has 4 rings (SSSR count). The second-order valence-corrected chi connectivity index (χ2v) is 6.63. The summed E-state index contributed by atoms with van der Waals surface area (Å²) in [4.78, 5) is 56.2. The molecule has 2 N–H and O–H groups in total. The standard InChI is InChI=1S/C19H16N4O9/c24-13-4-5-14(25)32-16-15(31-13)11(9-29-18(26)10-3-1-2-7-20-10)30-17(16)23-8-6-12(22-28)21-19(23)27/h1-8,11,15-17,28H,9H2,(H,21,22,27)/b5-4-/t11-,15-,16-,17-/m1/s1. The molecule has 0 aliphatic carbocycles. The lowest BCUT2D eigenvalue weighted by Gasteiger charge is -2.25. The van der Waals surface area contributed by atoms with E-state index in [2.05, 4.69) is 9.97 Å². The Bertz CT molecular complexity index is 1120. The normalized spacial score (nSPS) is 25.5. The van der Waals surface area contributed by atoms with Crippen molar-refractivity contribution in [2.75, 3.05) is 12.1 Å². The Morgan fingerprint density at radius 1 is 1.12 bits per heavy atom. The minimum absolute atomic E-state index is 0.0510.